The Kier molecular flexibility index (Phi) is 9.25. The number of ether oxygens (including phenoxy) is 1. The van der Waals surface area contributed by atoms with Crippen LogP contribution >= 0.6 is 0 Å². The third-order valence-electron chi connectivity index (χ3n) is 4.04. The molecule has 0 aliphatic rings. The fraction of sp³-hybridized carbons (Fsp3) is 0.526. The summed E-state index contributed by atoms with van der Waals surface area (Å²) in [7, 11) is -1.10. The summed E-state index contributed by atoms with van der Waals surface area (Å²) in [6, 6.07) is 5.08. The Bertz CT molecular complexity index is 821. The summed E-state index contributed by atoms with van der Waals surface area (Å²) in [4.78, 5) is 36.9. The number of esters is 1. The van der Waals surface area contributed by atoms with E-state index in [0.717, 1.165) is 10.5 Å². The van der Waals surface area contributed by atoms with Gasteiger partial charge in [0.25, 0.3) is 5.91 Å². The van der Waals surface area contributed by atoms with E-state index in [4.69, 9.17) is 4.74 Å². The molecular formula is C19H29N3O6S. The summed E-state index contributed by atoms with van der Waals surface area (Å²) in [6.07, 6.45) is 0.201. The van der Waals surface area contributed by atoms with Crippen molar-refractivity contribution in [2.24, 2.45) is 5.92 Å². The monoisotopic (exact) mass is 427 g/mol. The van der Waals surface area contributed by atoms with E-state index in [0.29, 0.717) is 0 Å². The van der Waals surface area contributed by atoms with Crippen LogP contribution in [0.25, 0.3) is 0 Å². The highest BCUT2D eigenvalue weighted by atomic mass is 32.2. The number of likely N-dealkylation sites (N-methyl/N-ethyl adjacent to an activating group) is 2. The lowest BCUT2D eigenvalue weighted by Gasteiger charge is -2.20. The molecule has 1 atom stereocenters. The minimum absolute atomic E-state index is 0.0000991. The predicted octanol–water partition coefficient (Wildman–Crippen LogP) is 0.436. The first kappa shape index (κ1) is 24.6. The van der Waals surface area contributed by atoms with Crippen molar-refractivity contribution in [1.29, 1.82) is 0 Å². The van der Waals surface area contributed by atoms with E-state index < -0.39 is 34.5 Å². The second kappa shape index (κ2) is 10.9. The molecule has 9 nitrogen and oxygen atoms in total. The summed E-state index contributed by atoms with van der Waals surface area (Å²) < 4.78 is 32.6. The number of nitrogens with one attached hydrogen (secondary N) is 2. The zero-order valence-electron chi connectivity index (χ0n) is 17.4. The molecule has 1 aromatic rings. The molecule has 0 saturated carbocycles. The van der Waals surface area contributed by atoms with Gasteiger partial charge in [0.2, 0.25) is 15.9 Å². The molecule has 1 rings (SSSR count). The van der Waals surface area contributed by atoms with Crippen molar-refractivity contribution in [2.45, 2.75) is 38.1 Å². The second-order valence-corrected chi connectivity index (χ2v) is 8.86. The lowest BCUT2D eigenvalue weighted by Crippen LogP contribution is -2.44. The van der Waals surface area contributed by atoms with Crippen LogP contribution in [0.4, 0.5) is 0 Å². The fourth-order valence-electron chi connectivity index (χ4n) is 2.36. The number of aryl methyl sites for hydroxylation is 1. The zero-order valence-corrected chi connectivity index (χ0v) is 18.2. The number of benzene rings is 1. The standard InChI is InChI=1S/C19H29N3O6S/c1-13(2)10-16(21-29(26,27)15-8-6-14(3)7-9-15)19(25)28-12-18(24)22(5)11-17(23)20-4/h6-9,13,16,21H,10-12H2,1-5H3,(H,20,23)/t16-/m0/s1. The van der Waals surface area contributed by atoms with Gasteiger partial charge in [-0.25, -0.2) is 8.42 Å². The first-order valence-electron chi connectivity index (χ1n) is 9.16. The van der Waals surface area contributed by atoms with Crippen LogP contribution in [0.2, 0.25) is 0 Å². The van der Waals surface area contributed by atoms with E-state index in [1.165, 1.54) is 26.2 Å². The third-order valence-corrected chi connectivity index (χ3v) is 5.53. The number of sulfonamides is 1. The first-order chi connectivity index (χ1) is 13.5. The van der Waals surface area contributed by atoms with Gasteiger partial charge in [0.1, 0.15) is 6.04 Å². The molecule has 0 heterocycles. The molecular weight excluding hydrogens is 398 g/mol. The lowest BCUT2D eigenvalue weighted by atomic mass is 10.1. The summed E-state index contributed by atoms with van der Waals surface area (Å²) in [5.41, 5.74) is 0.904. The zero-order chi connectivity index (χ0) is 22.2. The van der Waals surface area contributed by atoms with E-state index in [9.17, 15) is 22.8 Å². The molecule has 0 aromatic heterocycles. The fourth-order valence-corrected chi connectivity index (χ4v) is 3.56. The number of rotatable bonds is 10. The van der Waals surface area contributed by atoms with Gasteiger partial charge >= 0.3 is 5.97 Å². The van der Waals surface area contributed by atoms with Gasteiger partial charge in [-0.05, 0) is 31.4 Å². The van der Waals surface area contributed by atoms with Crippen molar-refractivity contribution in [2.75, 3.05) is 27.2 Å². The van der Waals surface area contributed by atoms with Crippen LogP contribution in [-0.2, 0) is 29.1 Å². The Labute approximate surface area is 171 Å². The molecule has 0 unspecified atom stereocenters. The molecule has 0 fully saturated rings. The van der Waals surface area contributed by atoms with Gasteiger partial charge in [0.05, 0.1) is 11.4 Å². The summed E-state index contributed by atoms with van der Waals surface area (Å²) >= 11 is 0. The van der Waals surface area contributed by atoms with E-state index in [1.54, 1.807) is 12.1 Å². The highest BCUT2D eigenvalue weighted by Crippen LogP contribution is 2.14. The van der Waals surface area contributed by atoms with E-state index in [-0.39, 0.29) is 29.7 Å². The Balaban J connectivity index is 2.81. The van der Waals surface area contributed by atoms with Gasteiger partial charge in [0.15, 0.2) is 6.61 Å². The van der Waals surface area contributed by atoms with Gasteiger partial charge in [-0.2, -0.15) is 4.72 Å². The normalized spacial score (nSPS) is 12.3. The molecule has 29 heavy (non-hydrogen) atoms. The van der Waals surface area contributed by atoms with E-state index in [1.807, 2.05) is 20.8 Å². The molecule has 2 N–H and O–H groups in total. The van der Waals surface area contributed by atoms with Crippen molar-refractivity contribution < 1.29 is 27.5 Å². The maximum atomic E-state index is 12.6. The minimum atomic E-state index is -3.94. The number of carbonyl (C=O) groups excluding carboxylic acids is 3. The van der Waals surface area contributed by atoms with Crippen LogP contribution < -0.4 is 10.0 Å². The number of carbonyl (C=O) groups is 3. The number of hydrogen-bond donors (Lipinski definition) is 2. The van der Waals surface area contributed by atoms with E-state index in [2.05, 4.69) is 10.0 Å². The van der Waals surface area contributed by atoms with Crippen molar-refractivity contribution in [3.05, 3.63) is 29.8 Å². The molecule has 0 spiro atoms. The van der Waals surface area contributed by atoms with Crippen molar-refractivity contribution in [3.8, 4) is 0 Å². The van der Waals surface area contributed by atoms with Gasteiger partial charge in [0, 0.05) is 14.1 Å². The molecule has 0 bridgehead atoms. The Morgan fingerprint density at radius 3 is 2.24 bits per heavy atom. The maximum absolute atomic E-state index is 12.6. The summed E-state index contributed by atoms with van der Waals surface area (Å²) in [5.74, 6) is -1.79. The van der Waals surface area contributed by atoms with Crippen LogP contribution in [0, 0.1) is 12.8 Å². The quantitative estimate of drug-likeness (QED) is 0.523. The van der Waals surface area contributed by atoms with Crippen LogP contribution in [0.15, 0.2) is 29.2 Å². The van der Waals surface area contributed by atoms with Gasteiger partial charge < -0.3 is 15.0 Å². The summed E-state index contributed by atoms with van der Waals surface area (Å²) in [5, 5.41) is 2.38. The highest BCUT2D eigenvalue weighted by Gasteiger charge is 2.28. The number of amides is 2. The van der Waals surface area contributed by atoms with Gasteiger partial charge in [-0.15, -0.1) is 0 Å². The van der Waals surface area contributed by atoms with Gasteiger partial charge in [-0.3, -0.25) is 14.4 Å². The molecule has 0 saturated heterocycles. The number of nitrogens with zero attached hydrogens (tertiary/aromatic N) is 1. The van der Waals surface area contributed by atoms with Crippen LogP contribution in [0.1, 0.15) is 25.8 Å². The smallest absolute Gasteiger partial charge is 0.324 e. The molecule has 0 aliphatic carbocycles. The highest BCUT2D eigenvalue weighted by molar-refractivity contribution is 7.89. The first-order valence-corrected chi connectivity index (χ1v) is 10.6. The molecule has 10 heteroatoms. The van der Waals surface area contributed by atoms with E-state index >= 15 is 0 Å². The van der Waals surface area contributed by atoms with Crippen molar-refractivity contribution >= 4 is 27.8 Å². The number of hydrogen-bond acceptors (Lipinski definition) is 6. The Morgan fingerprint density at radius 1 is 1.14 bits per heavy atom. The maximum Gasteiger partial charge on any atom is 0.324 e. The Morgan fingerprint density at radius 2 is 1.72 bits per heavy atom. The lowest BCUT2D eigenvalue weighted by molar-refractivity contribution is -0.153. The van der Waals surface area contributed by atoms with Crippen molar-refractivity contribution in [3.63, 3.8) is 0 Å². The Hall–Kier alpha value is -2.46. The molecule has 2 amide bonds. The second-order valence-electron chi connectivity index (χ2n) is 7.15. The SMILES string of the molecule is CNC(=O)CN(C)C(=O)COC(=O)[C@H](CC(C)C)NS(=O)(=O)c1ccc(C)cc1. The topological polar surface area (TPSA) is 122 Å². The molecule has 1 aromatic carbocycles. The molecule has 0 aliphatic heterocycles. The summed E-state index contributed by atoms with van der Waals surface area (Å²) in [6.45, 7) is 4.74. The largest absolute Gasteiger partial charge is 0.454 e. The average molecular weight is 428 g/mol. The van der Waals surface area contributed by atoms with Crippen LogP contribution in [0.3, 0.4) is 0 Å². The van der Waals surface area contributed by atoms with Crippen LogP contribution in [-0.4, -0.2) is 64.4 Å². The molecule has 0 radical (unpaired) electrons. The predicted molar refractivity (Wildman–Crippen MR) is 107 cm³/mol. The van der Waals surface area contributed by atoms with Gasteiger partial charge in [-0.1, -0.05) is 31.5 Å². The third kappa shape index (κ3) is 8.20. The minimum Gasteiger partial charge on any atom is -0.454 e. The average Bonchev–Trinajstić information content (AvgIpc) is 2.64. The van der Waals surface area contributed by atoms with Crippen molar-refractivity contribution in [1.82, 2.24) is 14.9 Å². The van der Waals surface area contributed by atoms with Crippen LogP contribution in [0.5, 0.6) is 0 Å². The molecule has 162 valence electrons.